The Labute approximate surface area is 135 Å². The van der Waals surface area contributed by atoms with Gasteiger partial charge in [-0.2, -0.15) is 0 Å². The van der Waals surface area contributed by atoms with Crippen molar-refractivity contribution in [1.82, 2.24) is 4.90 Å². The number of nitrogens with one attached hydrogen (secondary N) is 1. The molecule has 0 bridgehead atoms. The van der Waals surface area contributed by atoms with Crippen LogP contribution in [0.3, 0.4) is 0 Å². The molecule has 1 aromatic rings. The lowest BCUT2D eigenvalue weighted by atomic mass is 9.92. The van der Waals surface area contributed by atoms with Crippen LogP contribution < -0.4 is 5.32 Å². The molecule has 1 N–H and O–H groups in total. The molecule has 1 aromatic carbocycles. The summed E-state index contributed by atoms with van der Waals surface area (Å²) < 4.78 is 0.968. The SMILES string of the molecule is Cc1cc(Br)ccc1NC(=O)CN(C)C(=O)CC(C)(C)C. The van der Waals surface area contributed by atoms with Crippen molar-refractivity contribution in [1.29, 1.82) is 0 Å². The van der Waals surface area contributed by atoms with Gasteiger partial charge in [0, 0.05) is 23.6 Å². The molecule has 116 valence electrons. The van der Waals surface area contributed by atoms with Crippen LogP contribution in [0.4, 0.5) is 5.69 Å². The van der Waals surface area contributed by atoms with E-state index in [1.165, 1.54) is 4.90 Å². The molecule has 0 saturated heterocycles. The van der Waals surface area contributed by atoms with Crippen LogP contribution in [0.2, 0.25) is 0 Å². The van der Waals surface area contributed by atoms with E-state index in [1.54, 1.807) is 7.05 Å². The van der Waals surface area contributed by atoms with Crippen LogP contribution in [0.1, 0.15) is 32.8 Å². The quantitative estimate of drug-likeness (QED) is 0.897. The Hall–Kier alpha value is -1.36. The van der Waals surface area contributed by atoms with E-state index in [1.807, 2.05) is 45.9 Å². The third kappa shape index (κ3) is 6.29. The zero-order chi connectivity index (χ0) is 16.2. The summed E-state index contributed by atoms with van der Waals surface area (Å²) in [5, 5.41) is 2.83. The number of anilines is 1. The number of rotatable bonds is 4. The lowest BCUT2D eigenvalue weighted by Gasteiger charge is -2.23. The molecule has 0 saturated carbocycles. The van der Waals surface area contributed by atoms with E-state index < -0.39 is 0 Å². The molecular weight excluding hydrogens is 332 g/mol. The van der Waals surface area contributed by atoms with Crippen LogP contribution in [0.15, 0.2) is 22.7 Å². The van der Waals surface area contributed by atoms with Crippen LogP contribution in [-0.2, 0) is 9.59 Å². The van der Waals surface area contributed by atoms with Crippen LogP contribution in [0.5, 0.6) is 0 Å². The zero-order valence-electron chi connectivity index (χ0n) is 13.3. The van der Waals surface area contributed by atoms with Gasteiger partial charge >= 0.3 is 0 Å². The van der Waals surface area contributed by atoms with E-state index in [2.05, 4.69) is 21.2 Å². The van der Waals surface area contributed by atoms with Crippen molar-refractivity contribution in [3.05, 3.63) is 28.2 Å². The second kappa shape index (κ2) is 7.07. The average molecular weight is 355 g/mol. The number of likely N-dealkylation sites (N-methyl/N-ethyl adjacent to an activating group) is 1. The van der Waals surface area contributed by atoms with Crippen molar-refractivity contribution >= 4 is 33.4 Å². The summed E-state index contributed by atoms with van der Waals surface area (Å²) >= 11 is 3.38. The first-order valence-corrected chi connectivity index (χ1v) is 7.68. The maximum atomic E-state index is 12.0. The summed E-state index contributed by atoms with van der Waals surface area (Å²) in [6, 6.07) is 5.65. The minimum Gasteiger partial charge on any atom is -0.336 e. The molecule has 1 rings (SSSR count). The number of amides is 2. The Kier molecular flexibility index (Phi) is 5.96. The second-order valence-corrected chi connectivity index (χ2v) is 7.41. The summed E-state index contributed by atoms with van der Waals surface area (Å²) in [5.41, 5.74) is 1.66. The van der Waals surface area contributed by atoms with E-state index in [4.69, 9.17) is 0 Å². The van der Waals surface area contributed by atoms with Crippen molar-refractivity contribution in [3.8, 4) is 0 Å². The Morgan fingerprint density at radius 3 is 2.43 bits per heavy atom. The van der Waals surface area contributed by atoms with Gasteiger partial charge in [-0.05, 0) is 36.1 Å². The van der Waals surface area contributed by atoms with Crippen molar-refractivity contribution < 1.29 is 9.59 Å². The lowest BCUT2D eigenvalue weighted by Crippen LogP contribution is -2.36. The highest BCUT2D eigenvalue weighted by Crippen LogP contribution is 2.21. The number of hydrogen-bond acceptors (Lipinski definition) is 2. The monoisotopic (exact) mass is 354 g/mol. The van der Waals surface area contributed by atoms with Gasteiger partial charge in [-0.25, -0.2) is 0 Å². The largest absolute Gasteiger partial charge is 0.336 e. The number of aryl methyl sites for hydroxylation is 1. The minimum atomic E-state index is -0.190. The molecule has 2 amide bonds. The van der Waals surface area contributed by atoms with E-state index in [-0.39, 0.29) is 23.8 Å². The summed E-state index contributed by atoms with van der Waals surface area (Å²) in [5.74, 6) is -0.213. The van der Waals surface area contributed by atoms with Gasteiger partial charge in [0.25, 0.3) is 0 Å². The Bertz CT molecular complexity index is 536. The molecule has 21 heavy (non-hydrogen) atoms. The van der Waals surface area contributed by atoms with E-state index >= 15 is 0 Å². The van der Waals surface area contributed by atoms with Gasteiger partial charge < -0.3 is 10.2 Å². The summed E-state index contributed by atoms with van der Waals surface area (Å²) in [6.45, 7) is 8.00. The van der Waals surface area contributed by atoms with Gasteiger partial charge in [-0.3, -0.25) is 9.59 Å². The molecule has 0 unspecified atom stereocenters. The smallest absolute Gasteiger partial charge is 0.243 e. The van der Waals surface area contributed by atoms with E-state index in [9.17, 15) is 9.59 Å². The van der Waals surface area contributed by atoms with Gasteiger partial charge in [-0.1, -0.05) is 36.7 Å². The number of halogens is 1. The molecule has 0 aliphatic heterocycles. The van der Waals surface area contributed by atoms with Gasteiger partial charge in [0.1, 0.15) is 0 Å². The second-order valence-electron chi connectivity index (χ2n) is 6.49. The molecular formula is C16H23BrN2O2. The Balaban J connectivity index is 2.59. The van der Waals surface area contributed by atoms with Gasteiger partial charge in [0.2, 0.25) is 11.8 Å². The highest BCUT2D eigenvalue weighted by molar-refractivity contribution is 9.10. The van der Waals surface area contributed by atoms with Gasteiger partial charge in [0.15, 0.2) is 0 Å². The fourth-order valence-electron chi connectivity index (χ4n) is 1.85. The highest BCUT2D eigenvalue weighted by Gasteiger charge is 2.20. The molecule has 0 fully saturated rings. The molecule has 0 heterocycles. The molecule has 0 radical (unpaired) electrons. The maximum absolute atomic E-state index is 12.0. The van der Waals surface area contributed by atoms with Crippen molar-refractivity contribution in [2.75, 3.05) is 18.9 Å². The maximum Gasteiger partial charge on any atom is 0.243 e. The number of hydrogen-bond donors (Lipinski definition) is 1. The molecule has 0 spiro atoms. The molecule has 0 aromatic heterocycles. The number of benzene rings is 1. The summed E-state index contributed by atoms with van der Waals surface area (Å²) in [4.78, 5) is 25.5. The minimum absolute atomic E-state index is 0.0230. The van der Waals surface area contributed by atoms with Crippen molar-refractivity contribution in [3.63, 3.8) is 0 Å². The zero-order valence-corrected chi connectivity index (χ0v) is 14.9. The first-order chi connectivity index (χ1) is 9.58. The summed E-state index contributed by atoms with van der Waals surface area (Å²) in [6.07, 6.45) is 0.425. The lowest BCUT2D eigenvalue weighted by molar-refractivity contribution is -0.134. The normalized spacial score (nSPS) is 11.1. The topological polar surface area (TPSA) is 49.4 Å². The molecule has 0 aliphatic carbocycles. The van der Waals surface area contributed by atoms with E-state index in [0.29, 0.717) is 6.42 Å². The number of carbonyl (C=O) groups excluding carboxylic acids is 2. The van der Waals surface area contributed by atoms with Crippen LogP contribution >= 0.6 is 15.9 Å². The number of nitrogens with zero attached hydrogens (tertiary/aromatic N) is 1. The van der Waals surface area contributed by atoms with Gasteiger partial charge in [-0.15, -0.1) is 0 Å². The molecule has 0 aliphatic rings. The predicted molar refractivity (Wildman–Crippen MR) is 89.2 cm³/mol. The molecule has 5 heteroatoms. The Morgan fingerprint density at radius 2 is 1.90 bits per heavy atom. The fraction of sp³-hybridized carbons (Fsp3) is 0.500. The average Bonchev–Trinajstić information content (AvgIpc) is 2.30. The predicted octanol–water partition coefficient (Wildman–Crippen LogP) is 3.59. The number of carbonyl (C=O) groups is 2. The van der Waals surface area contributed by atoms with Crippen LogP contribution in [0, 0.1) is 12.3 Å². The van der Waals surface area contributed by atoms with Gasteiger partial charge in [0.05, 0.1) is 6.54 Å². The van der Waals surface area contributed by atoms with Crippen molar-refractivity contribution in [2.24, 2.45) is 5.41 Å². The molecule has 4 nitrogen and oxygen atoms in total. The van der Waals surface area contributed by atoms with Crippen molar-refractivity contribution in [2.45, 2.75) is 34.1 Å². The van der Waals surface area contributed by atoms with Crippen LogP contribution in [0.25, 0.3) is 0 Å². The molecule has 0 atom stereocenters. The third-order valence-electron chi connectivity index (χ3n) is 2.95. The first-order valence-electron chi connectivity index (χ1n) is 6.88. The standard InChI is InChI=1S/C16H23BrN2O2/c1-11-8-12(17)6-7-13(11)18-14(20)10-19(5)15(21)9-16(2,3)4/h6-8H,9-10H2,1-5H3,(H,18,20). The van der Waals surface area contributed by atoms with E-state index in [0.717, 1.165) is 15.7 Å². The first kappa shape index (κ1) is 17.7. The van der Waals surface area contributed by atoms with Crippen LogP contribution in [-0.4, -0.2) is 30.3 Å². The summed E-state index contributed by atoms with van der Waals surface area (Å²) in [7, 11) is 1.65. The highest BCUT2D eigenvalue weighted by atomic mass is 79.9. The third-order valence-corrected chi connectivity index (χ3v) is 3.44. The Morgan fingerprint density at radius 1 is 1.29 bits per heavy atom. The fourth-order valence-corrected chi connectivity index (χ4v) is 2.32.